The Morgan fingerprint density at radius 1 is 0.947 bits per heavy atom. The molecule has 2 rings (SSSR count). The van der Waals surface area contributed by atoms with Gasteiger partial charge in [0.05, 0.1) is 5.92 Å². The molecule has 0 aromatic carbocycles. The first-order valence-corrected chi connectivity index (χ1v) is 8.28. The number of thioether (sulfide) groups is 1. The molecule has 4 nitrogen and oxygen atoms in total. The van der Waals surface area contributed by atoms with Crippen LogP contribution in [0.4, 0.5) is 0 Å². The molecule has 2 saturated carbocycles. The van der Waals surface area contributed by atoms with Crippen LogP contribution in [0.25, 0.3) is 0 Å². The molecular formula is C14H24O4S. The number of aliphatic hydroxyl groups excluding tert-OH is 1. The summed E-state index contributed by atoms with van der Waals surface area (Å²) in [4.78, 5) is 11.3. The van der Waals surface area contributed by atoms with E-state index in [1.807, 2.05) is 0 Å². The van der Waals surface area contributed by atoms with E-state index in [0.717, 1.165) is 51.4 Å². The first-order chi connectivity index (χ1) is 9.09. The minimum Gasteiger partial charge on any atom is -0.481 e. The lowest BCUT2D eigenvalue weighted by molar-refractivity contribution is -0.142. The Kier molecular flexibility index (Phi) is 5.54. The second-order valence-corrected chi connectivity index (χ2v) is 7.29. The zero-order valence-corrected chi connectivity index (χ0v) is 12.0. The Morgan fingerprint density at radius 3 is 2.16 bits per heavy atom. The third-order valence-corrected chi connectivity index (χ3v) is 6.35. The highest BCUT2D eigenvalue weighted by atomic mass is 32.2. The number of aliphatic carboxylic acids is 1. The van der Waals surface area contributed by atoms with Gasteiger partial charge in [-0.2, -0.15) is 11.8 Å². The van der Waals surface area contributed by atoms with Crippen molar-refractivity contribution in [3.05, 3.63) is 0 Å². The van der Waals surface area contributed by atoms with E-state index in [1.165, 1.54) is 0 Å². The number of hydrogen-bond donors (Lipinski definition) is 3. The summed E-state index contributed by atoms with van der Waals surface area (Å²) in [5, 5.41) is 28.6. The van der Waals surface area contributed by atoms with Crippen molar-refractivity contribution in [2.75, 3.05) is 0 Å². The van der Waals surface area contributed by atoms with Gasteiger partial charge >= 0.3 is 5.97 Å². The smallest absolute Gasteiger partial charge is 0.307 e. The third-order valence-electron chi connectivity index (χ3n) is 4.51. The van der Waals surface area contributed by atoms with Gasteiger partial charge in [0.25, 0.3) is 0 Å². The Morgan fingerprint density at radius 2 is 1.53 bits per heavy atom. The van der Waals surface area contributed by atoms with Crippen LogP contribution in [-0.2, 0) is 4.79 Å². The van der Waals surface area contributed by atoms with Gasteiger partial charge < -0.3 is 15.3 Å². The molecule has 5 heteroatoms. The fraction of sp³-hybridized carbons (Fsp3) is 0.929. The molecule has 0 spiro atoms. The second kappa shape index (κ2) is 6.95. The number of carbonyl (C=O) groups is 1. The van der Waals surface area contributed by atoms with Crippen molar-refractivity contribution in [2.45, 2.75) is 68.2 Å². The summed E-state index contributed by atoms with van der Waals surface area (Å²) in [5.41, 5.74) is 0. The minimum atomic E-state index is -1.26. The van der Waals surface area contributed by atoms with Gasteiger partial charge in [-0.1, -0.05) is 25.7 Å². The molecule has 0 aromatic heterocycles. The fourth-order valence-corrected chi connectivity index (χ4v) is 5.38. The monoisotopic (exact) mass is 288 g/mol. The predicted molar refractivity (Wildman–Crippen MR) is 74.9 cm³/mol. The molecule has 3 N–H and O–H groups in total. The quantitative estimate of drug-likeness (QED) is 0.691. The lowest BCUT2D eigenvalue weighted by atomic mass is 9.88. The van der Waals surface area contributed by atoms with E-state index in [2.05, 4.69) is 0 Å². The highest BCUT2D eigenvalue weighted by Crippen LogP contribution is 2.42. The van der Waals surface area contributed by atoms with Crippen molar-refractivity contribution in [3.8, 4) is 0 Å². The van der Waals surface area contributed by atoms with Crippen LogP contribution in [0.1, 0.15) is 51.4 Å². The van der Waals surface area contributed by atoms with E-state index < -0.39 is 12.3 Å². The highest BCUT2D eigenvalue weighted by Gasteiger charge is 2.37. The molecule has 2 fully saturated rings. The largest absolute Gasteiger partial charge is 0.481 e. The van der Waals surface area contributed by atoms with Crippen molar-refractivity contribution in [3.63, 3.8) is 0 Å². The normalized spacial score (nSPS) is 36.4. The summed E-state index contributed by atoms with van der Waals surface area (Å²) < 4.78 is 0. The SMILES string of the molecule is O=C(O)C1CCCCC1SC1CCCCC1C(O)O. The summed E-state index contributed by atoms with van der Waals surface area (Å²) in [6, 6.07) is 0. The van der Waals surface area contributed by atoms with Crippen molar-refractivity contribution < 1.29 is 20.1 Å². The number of carboxylic acid groups (broad SMARTS) is 1. The molecule has 0 bridgehead atoms. The van der Waals surface area contributed by atoms with Gasteiger partial charge in [0.15, 0.2) is 6.29 Å². The molecule has 2 aliphatic rings. The van der Waals surface area contributed by atoms with Crippen molar-refractivity contribution in [1.82, 2.24) is 0 Å². The second-order valence-electron chi connectivity index (χ2n) is 5.80. The van der Waals surface area contributed by atoms with Crippen LogP contribution in [0.2, 0.25) is 0 Å². The van der Waals surface area contributed by atoms with E-state index in [0.29, 0.717) is 0 Å². The molecule has 0 amide bonds. The average Bonchev–Trinajstić information content (AvgIpc) is 2.39. The van der Waals surface area contributed by atoms with Crippen LogP contribution >= 0.6 is 11.8 Å². The van der Waals surface area contributed by atoms with E-state index in [4.69, 9.17) is 0 Å². The maximum absolute atomic E-state index is 11.3. The first-order valence-electron chi connectivity index (χ1n) is 7.34. The molecular weight excluding hydrogens is 264 g/mol. The standard InChI is InChI=1S/C14H24O4S/c15-13(16)9-5-1-3-7-11(9)19-12-8-4-2-6-10(12)14(17)18/h9-13,15-16H,1-8H2,(H,17,18). The Hall–Kier alpha value is -0.260. The van der Waals surface area contributed by atoms with Crippen LogP contribution in [0.5, 0.6) is 0 Å². The lowest BCUT2D eigenvalue weighted by Gasteiger charge is -2.37. The summed E-state index contributed by atoms with van der Waals surface area (Å²) in [5.74, 6) is -1.03. The topological polar surface area (TPSA) is 77.8 Å². The van der Waals surface area contributed by atoms with Gasteiger partial charge in [-0.05, 0) is 25.7 Å². The molecule has 0 radical (unpaired) electrons. The summed E-state index contributed by atoms with van der Waals surface area (Å²) >= 11 is 1.71. The molecule has 19 heavy (non-hydrogen) atoms. The third kappa shape index (κ3) is 3.86. The molecule has 110 valence electrons. The fourth-order valence-electron chi connectivity index (χ4n) is 3.40. The molecule has 2 aliphatic carbocycles. The molecule has 0 heterocycles. The number of carboxylic acids is 1. The molecule has 4 unspecified atom stereocenters. The van der Waals surface area contributed by atoms with Crippen LogP contribution < -0.4 is 0 Å². The van der Waals surface area contributed by atoms with Gasteiger partial charge in [0, 0.05) is 16.4 Å². The maximum atomic E-state index is 11.3. The van der Waals surface area contributed by atoms with E-state index in [-0.39, 0.29) is 22.3 Å². The summed E-state index contributed by atoms with van der Waals surface area (Å²) in [6.07, 6.45) is 6.56. The van der Waals surface area contributed by atoms with Crippen molar-refractivity contribution in [2.24, 2.45) is 11.8 Å². The van der Waals surface area contributed by atoms with Crippen LogP contribution in [-0.4, -0.2) is 38.1 Å². The highest BCUT2D eigenvalue weighted by molar-refractivity contribution is 8.00. The minimum absolute atomic E-state index is 0.0879. The number of hydrogen-bond acceptors (Lipinski definition) is 4. The van der Waals surface area contributed by atoms with E-state index >= 15 is 0 Å². The maximum Gasteiger partial charge on any atom is 0.307 e. The van der Waals surface area contributed by atoms with Crippen LogP contribution in [0, 0.1) is 11.8 Å². The molecule has 0 saturated heterocycles. The summed E-state index contributed by atoms with van der Waals surface area (Å²) in [7, 11) is 0. The lowest BCUT2D eigenvalue weighted by Crippen LogP contribution is -2.37. The Bertz CT molecular complexity index is 308. The Balaban J connectivity index is 1.98. The zero-order chi connectivity index (χ0) is 13.8. The van der Waals surface area contributed by atoms with Crippen molar-refractivity contribution >= 4 is 17.7 Å². The first kappa shape index (κ1) is 15.1. The van der Waals surface area contributed by atoms with Gasteiger partial charge in [0.1, 0.15) is 0 Å². The van der Waals surface area contributed by atoms with Crippen LogP contribution in [0.15, 0.2) is 0 Å². The summed E-state index contributed by atoms with van der Waals surface area (Å²) in [6.45, 7) is 0. The predicted octanol–water partition coefficient (Wildman–Crippen LogP) is 2.23. The van der Waals surface area contributed by atoms with Gasteiger partial charge in [-0.25, -0.2) is 0 Å². The number of aliphatic hydroxyl groups is 2. The van der Waals surface area contributed by atoms with E-state index in [9.17, 15) is 20.1 Å². The van der Waals surface area contributed by atoms with Gasteiger partial charge in [-0.3, -0.25) is 4.79 Å². The molecule has 0 aliphatic heterocycles. The zero-order valence-electron chi connectivity index (χ0n) is 11.2. The molecule has 0 aromatic rings. The van der Waals surface area contributed by atoms with Gasteiger partial charge in [0.2, 0.25) is 0 Å². The van der Waals surface area contributed by atoms with E-state index in [1.54, 1.807) is 11.8 Å². The number of rotatable bonds is 4. The van der Waals surface area contributed by atoms with Crippen LogP contribution in [0.3, 0.4) is 0 Å². The average molecular weight is 288 g/mol. The Labute approximate surface area is 118 Å². The van der Waals surface area contributed by atoms with Gasteiger partial charge in [-0.15, -0.1) is 0 Å². The molecule has 4 atom stereocenters. The van der Waals surface area contributed by atoms with Crippen molar-refractivity contribution in [1.29, 1.82) is 0 Å².